The summed E-state index contributed by atoms with van der Waals surface area (Å²) in [4.78, 5) is 2.41. The molecule has 1 atom stereocenters. The lowest BCUT2D eigenvalue weighted by Crippen LogP contribution is -2.47. The van der Waals surface area contributed by atoms with Crippen molar-refractivity contribution in [3.8, 4) is 0 Å². The molecule has 0 saturated heterocycles. The molecule has 0 aromatic heterocycles. The zero-order valence-electron chi connectivity index (χ0n) is 12.7. The molecule has 0 aromatic carbocycles. The molecule has 0 bridgehead atoms. The first kappa shape index (κ1) is 16.9. The molecule has 0 saturated carbocycles. The average molecular weight is 244 g/mol. The van der Waals surface area contributed by atoms with Gasteiger partial charge in [0.05, 0.1) is 6.61 Å². The Bertz CT molecular complexity index is 178. The fourth-order valence-corrected chi connectivity index (χ4v) is 1.77. The van der Waals surface area contributed by atoms with Crippen LogP contribution in [0.25, 0.3) is 0 Å². The molecule has 1 N–H and O–H groups in total. The zero-order valence-corrected chi connectivity index (χ0v) is 12.7. The van der Waals surface area contributed by atoms with E-state index in [1.165, 1.54) is 12.8 Å². The highest BCUT2D eigenvalue weighted by molar-refractivity contribution is 4.77. The molecule has 17 heavy (non-hydrogen) atoms. The largest absolute Gasteiger partial charge is 0.380 e. The van der Waals surface area contributed by atoms with Gasteiger partial charge in [-0.25, -0.2) is 0 Å². The van der Waals surface area contributed by atoms with Crippen molar-refractivity contribution in [3.05, 3.63) is 0 Å². The summed E-state index contributed by atoms with van der Waals surface area (Å²) in [7, 11) is 2.20. The molecule has 0 rings (SSSR count). The molecule has 0 amide bonds. The summed E-state index contributed by atoms with van der Waals surface area (Å²) in [6.07, 6.45) is 2.47. The van der Waals surface area contributed by atoms with Gasteiger partial charge in [-0.2, -0.15) is 0 Å². The summed E-state index contributed by atoms with van der Waals surface area (Å²) in [5.74, 6) is 0. The van der Waals surface area contributed by atoms with E-state index in [1.54, 1.807) is 0 Å². The third-order valence-electron chi connectivity index (χ3n) is 2.91. The number of nitrogens with zero attached hydrogens (tertiary/aromatic N) is 1. The molecule has 0 aliphatic heterocycles. The van der Waals surface area contributed by atoms with E-state index < -0.39 is 0 Å². The van der Waals surface area contributed by atoms with Crippen LogP contribution in [-0.2, 0) is 4.74 Å². The van der Waals surface area contributed by atoms with Crippen molar-refractivity contribution in [1.82, 2.24) is 10.2 Å². The van der Waals surface area contributed by atoms with Gasteiger partial charge in [0.1, 0.15) is 0 Å². The monoisotopic (exact) mass is 244 g/mol. The van der Waals surface area contributed by atoms with E-state index in [9.17, 15) is 0 Å². The molecule has 0 fully saturated rings. The molecule has 0 spiro atoms. The molecule has 3 heteroatoms. The quantitative estimate of drug-likeness (QED) is 0.631. The molecular formula is C14H32N2O. The molecule has 104 valence electrons. The molecule has 0 heterocycles. The lowest BCUT2D eigenvalue weighted by Gasteiger charge is -2.31. The fraction of sp³-hybridized carbons (Fsp3) is 1.00. The first-order valence-corrected chi connectivity index (χ1v) is 6.93. The van der Waals surface area contributed by atoms with Crippen molar-refractivity contribution in [1.29, 1.82) is 0 Å². The molecule has 0 aliphatic rings. The van der Waals surface area contributed by atoms with Crippen LogP contribution in [0.2, 0.25) is 0 Å². The maximum absolute atomic E-state index is 5.42. The van der Waals surface area contributed by atoms with Crippen LogP contribution in [0.3, 0.4) is 0 Å². The molecule has 1 unspecified atom stereocenters. The highest BCUT2D eigenvalue weighted by atomic mass is 16.5. The lowest BCUT2D eigenvalue weighted by atomic mass is 10.1. The van der Waals surface area contributed by atoms with Crippen molar-refractivity contribution in [2.45, 2.75) is 59.0 Å². The summed E-state index contributed by atoms with van der Waals surface area (Å²) in [5.41, 5.74) is 0.201. The van der Waals surface area contributed by atoms with Crippen LogP contribution in [-0.4, -0.2) is 49.8 Å². The minimum atomic E-state index is 0.201. The number of hydrogen-bond donors (Lipinski definition) is 1. The first-order valence-electron chi connectivity index (χ1n) is 6.93. The Kier molecular flexibility index (Phi) is 8.83. The van der Waals surface area contributed by atoms with Gasteiger partial charge in [-0.1, -0.05) is 13.3 Å². The first-order chi connectivity index (χ1) is 7.90. The molecule has 0 radical (unpaired) electrons. The van der Waals surface area contributed by atoms with E-state index in [0.29, 0.717) is 6.04 Å². The number of ether oxygens (including phenoxy) is 1. The molecule has 0 aliphatic carbocycles. The fourth-order valence-electron chi connectivity index (χ4n) is 1.77. The predicted molar refractivity (Wildman–Crippen MR) is 75.6 cm³/mol. The third-order valence-corrected chi connectivity index (χ3v) is 2.91. The minimum Gasteiger partial charge on any atom is -0.380 e. The number of hydrogen-bond acceptors (Lipinski definition) is 3. The Morgan fingerprint density at radius 3 is 2.35 bits per heavy atom. The van der Waals surface area contributed by atoms with Gasteiger partial charge in [-0.3, -0.25) is 4.90 Å². The van der Waals surface area contributed by atoms with Crippen molar-refractivity contribution in [2.24, 2.45) is 0 Å². The summed E-state index contributed by atoms with van der Waals surface area (Å²) in [6, 6.07) is 0.611. The molecule has 3 nitrogen and oxygen atoms in total. The van der Waals surface area contributed by atoms with Crippen LogP contribution in [0.4, 0.5) is 0 Å². The Balaban J connectivity index is 4.02. The standard InChI is InChI=1S/C14H32N2O/c1-7-9-13(12-15-14(3,4)5)16(6)10-11-17-8-2/h13,15H,7-12H2,1-6H3. The van der Waals surface area contributed by atoms with Gasteiger partial charge in [-0.05, 0) is 41.2 Å². The normalized spacial score (nSPS) is 14.3. The van der Waals surface area contributed by atoms with E-state index in [4.69, 9.17) is 4.74 Å². The van der Waals surface area contributed by atoms with Gasteiger partial charge in [0.15, 0.2) is 0 Å². The van der Waals surface area contributed by atoms with E-state index >= 15 is 0 Å². The number of likely N-dealkylation sites (N-methyl/N-ethyl adjacent to an activating group) is 1. The van der Waals surface area contributed by atoms with Gasteiger partial charge < -0.3 is 10.1 Å². The van der Waals surface area contributed by atoms with Crippen molar-refractivity contribution in [2.75, 3.05) is 33.4 Å². The van der Waals surface area contributed by atoms with E-state index in [2.05, 4.69) is 45.0 Å². The summed E-state index contributed by atoms with van der Waals surface area (Å²) in [5, 5.41) is 3.60. The van der Waals surface area contributed by atoms with Gasteiger partial charge in [0.25, 0.3) is 0 Å². The summed E-state index contributed by atoms with van der Waals surface area (Å²) >= 11 is 0. The van der Waals surface area contributed by atoms with Gasteiger partial charge in [0, 0.05) is 31.3 Å². The second-order valence-corrected chi connectivity index (χ2v) is 5.75. The van der Waals surface area contributed by atoms with E-state index in [1.807, 2.05) is 6.92 Å². The SMILES string of the molecule is CCCC(CNC(C)(C)C)N(C)CCOCC. The Morgan fingerprint density at radius 2 is 1.88 bits per heavy atom. The topological polar surface area (TPSA) is 24.5 Å². The van der Waals surface area contributed by atoms with Gasteiger partial charge >= 0.3 is 0 Å². The molecule has 0 aromatic rings. The van der Waals surface area contributed by atoms with Crippen LogP contribution >= 0.6 is 0 Å². The van der Waals surface area contributed by atoms with Gasteiger partial charge in [0.2, 0.25) is 0 Å². The van der Waals surface area contributed by atoms with Crippen molar-refractivity contribution >= 4 is 0 Å². The number of rotatable bonds is 9. The maximum atomic E-state index is 5.42. The Labute approximate surface area is 108 Å². The van der Waals surface area contributed by atoms with Crippen LogP contribution in [0, 0.1) is 0 Å². The van der Waals surface area contributed by atoms with Gasteiger partial charge in [-0.15, -0.1) is 0 Å². The van der Waals surface area contributed by atoms with Crippen LogP contribution in [0.5, 0.6) is 0 Å². The van der Waals surface area contributed by atoms with Crippen LogP contribution in [0.15, 0.2) is 0 Å². The Hall–Kier alpha value is -0.120. The van der Waals surface area contributed by atoms with Crippen LogP contribution < -0.4 is 5.32 Å². The minimum absolute atomic E-state index is 0.201. The average Bonchev–Trinajstić information content (AvgIpc) is 2.23. The highest BCUT2D eigenvalue weighted by Gasteiger charge is 2.17. The predicted octanol–water partition coefficient (Wildman–Crippen LogP) is 2.51. The number of nitrogens with one attached hydrogen (secondary N) is 1. The van der Waals surface area contributed by atoms with E-state index in [0.717, 1.165) is 26.3 Å². The second-order valence-electron chi connectivity index (χ2n) is 5.75. The lowest BCUT2D eigenvalue weighted by molar-refractivity contribution is 0.103. The zero-order chi connectivity index (χ0) is 13.3. The molecular weight excluding hydrogens is 212 g/mol. The highest BCUT2D eigenvalue weighted by Crippen LogP contribution is 2.07. The smallest absolute Gasteiger partial charge is 0.0593 e. The van der Waals surface area contributed by atoms with Crippen LogP contribution in [0.1, 0.15) is 47.5 Å². The van der Waals surface area contributed by atoms with E-state index in [-0.39, 0.29) is 5.54 Å². The second kappa shape index (κ2) is 8.90. The summed E-state index contributed by atoms with van der Waals surface area (Å²) < 4.78 is 5.42. The van der Waals surface area contributed by atoms with Crippen molar-refractivity contribution < 1.29 is 4.74 Å². The van der Waals surface area contributed by atoms with Crippen molar-refractivity contribution in [3.63, 3.8) is 0 Å². The Morgan fingerprint density at radius 1 is 1.24 bits per heavy atom. The summed E-state index contributed by atoms with van der Waals surface area (Å²) in [6.45, 7) is 14.7. The third kappa shape index (κ3) is 9.57. The maximum Gasteiger partial charge on any atom is 0.0593 e.